The zero-order chi connectivity index (χ0) is 9.97. The molecule has 4 nitrogen and oxygen atoms in total. The molecule has 0 fully saturated rings. The van der Waals surface area contributed by atoms with Gasteiger partial charge in [-0.2, -0.15) is 0 Å². The summed E-state index contributed by atoms with van der Waals surface area (Å²) in [6, 6.07) is 0. The number of imidazole rings is 1. The van der Waals surface area contributed by atoms with Gasteiger partial charge >= 0.3 is 0 Å². The summed E-state index contributed by atoms with van der Waals surface area (Å²) in [4.78, 5) is 8.20. The second-order valence-corrected chi connectivity index (χ2v) is 4.09. The highest BCUT2D eigenvalue weighted by molar-refractivity contribution is 7.09. The molecule has 0 aliphatic rings. The Morgan fingerprint density at radius 1 is 1.57 bits per heavy atom. The molecule has 0 aromatic carbocycles. The van der Waals surface area contributed by atoms with Crippen molar-refractivity contribution >= 4 is 11.3 Å². The van der Waals surface area contributed by atoms with Crippen molar-refractivity contribution < 1.29 is 5.11 Å². The molecule has 2 heterocycles. The summed E-state index contributed by atoms with van der Waals surface area (Å²) in [6.07, 6.45) is 5.22. The van der Waals surface area contributed by atoms with Crippen LogP contribution in [0, 0.1) is 0 Å². The molecule has 0 bridgehead atoms. The Morgan fingerprint density at radius 2 is 2.43 bits per heavy atom. The molecule has 0 aliphatic carbocycles. The van der Waals surface area contributed by atoms with Crippen molar-refractivity contribution in [2.75, 3.05) is 0 Å². The van der Waals surface area contributed by atoms with E-state index in [0.717, 1.165) is 5.01 Å². The predicted molar refractivity (Wildman–Crippen MR) is 54.0 cm³/mol. The fourth-order valence-electron chi connectivity index (χ4n) is 1.23. The summed E-state index contributed by atoms with van der Waals surface area (Å²) in [5, 5.41) is 12.6. The Morgan fingerprint density at radius 3 is 3.00 bits per heavy atom. The lowest BCUT2D eigenvalue weighted by Gasteiger charge is -2.03. The van der Waals surface area contributed by atoms with Crippen LogP contribution in [0.5, 0.6) is 0 Å². The number of aliphatic hydroxyl groups excluding tert-OH is 1. The standard InChI is InChI=1S/C9H11N3OS/c1-12-5-7(11-6-12)8(13)4-9-10-2-3-14-9/h2-3,5-6,8,13H,4H2,1H3. The summed E-state index contributed by atoms with van der Waals surface area (Å²) < 4.78 is 1.82. The van der Waals surface area contributed by atoms with Crippen molar-refractivity contribution in [2.45, 2.75) is 12.5 Å². The predicted octanol–water partition coefficient (Wildman–Crippen LogP) is 1.15. The molecule has 0 radical (unpaired) electrons. The minimum Gasteiger partial charge on any atom is -0.386 e. The van der Waals surface area contributed by atoms with E-state index in [2.05, 4.69) is 9.97 Å². The van der Waals surface area contributed by atoms with Gasteiger partial charge in [0.1, 0.15) is 6.10 Å². The molecule has 1 unspecified atom stereocenters. The third-order valence-electron chi connectivity index (χ3n) is 1.92. The van der Waals surface area contributed by atoms with Gasteiger partial charge in [-0.25, -0.2) is 9.97 Å². The van der Waals surface area contributed by atoms with Gasteiger partial charge < -0.3 is 9.67 Å². The maximum atomic E-state index is 9.80. The minimum absolute atomic E-state index is 0.536. The molecule has 0 aliphatic heterocycles. The van der Waals surface area contributed by atoms with E-state index in [-0.39, 0.29) is 0 Å². The van der Waals surface area contributed by atoms with Crippen LogP contribution in [0.2, 0.25) is 0 Å². The SMILES string of the molecule is Cn1cnc(C(O)Cc2nccs2)c1. The average Bonchev–Trinajstić information content (AvgIpc) is 2.75. The molecule has 1 atom stereocenters. The third kappa shape index (κ3) is 2.00. The Bertz CT molecular complexity index is 396. The zero-order valence-corrected chi connectivity index (χ0v) is 8.61. The zero-order valence-electron chi connectivity index (χ0n) is 7.79. The summed E-state index contributed by atoms with van der Waals surface area (Å²) in [6.45, 7) is 0. The van der Waals surface area contributed by atoms with Gasteiger partial charge in [0.25, 0.3) is 0 Å². The van der Waals surface area contributed by atoms with E-state index in [0.29, 0.717) is 12.1 Å². The molecular weight excluding hydrogens is 198 g/mol. The van der Waals surface area contributed by atoms with Crippen LogP contribution in [0.25, 0.3) is 0 Å². The Hall–Kier alpha value is -1.20. The third-order valence-corrected chi connectivity index (χ3v) is 2.72. The monoisotopic (exact) mass is 209 g/mol. The molecule has 0 saturated carbocycles. The van der Waals surface area contributed by atoms with Gasteiger partial charge in [0.2, 0.25) is 0 Å². The Labute approximate surface area is 85.9 Å². The molecular formula is C9H11N3OS. The van der Waals surface area contributed by atoms with Crippen molar-refractivity contribution in [3.8, 4) is 0 Å². The first kappa shape index (κ1) is 9.36. The first-order valence-corrected chi connectivity index (χ1v) is 5.18. The number of nitrogens with zero attached hydrogens (tertiary/aromatic N) is 3. The van der Waals surface area contributed by atoms with Crippen LogP contribution < -0.4 is 0 Å². The molecule has 2 aromatic heterocycles. The van der Waals surface area contributed by atoms with Crippen molar-refractivity contribution in [1.29, 1.82) is 0 Å². The van der Waals surface area contributed by atoms with Crippen LogP contribution >= 0.6 is 11.3 Å². The molecule has 2 aromatic rings. The first-order valence-electron chi connectivity index (χ1n) is 4.30. The number of aliphatic hydroxyl groups is 1. The largest absolute Gasteiger partial charge is 0.386 e. The van der Waals surface area contributed by atoms with Crippen molar-refractivity contribution in [3.63, 3.8) is 0 Å². The maximum Gasteiger partial charge on any atom is 0.104 e. The number of aryl methyl sites for hydroxylation is 1. The Balaban J connectivity index is 2.06. The second-order valence-electron chi connectivity index (χ2n) is 3.11. The second kappa shape index (κ2) is 3.89. The highest BCUT2D eigenvalue weighted by Crippen LogP contribution is 2.17. The summed E-state index contributed by atoms with van der Waals surface area (Å²) in [5.41, 5.74) is 0.697. The van der Waals surface area contributed by atoms with Gasteiger partial charge in [0, 0.05) is 31.2 Å². The number of hydrogen-bond acceptors (Lipinski definition) is 4. The van der Waals surface area contributed by atoms with Crippen LogP contribution in [0.1, 0.15) is 16.8 Å². The maximum absolute atomic E-state index is 9.80. The Kier molecular flexibility index (Phi) is 2.60. The molecule has 2 rings (SSSR count). The molecule has 1 N–H and O–H groups in total. The van der Waals surface area contributed by atoms with E-state index in [4.69, 9.17) is 0 Å². The topological polar surface area (TPSA) is 50.9 Å². The summed E-state index contributed by atoms with van der Waals surface area (Å²) >= 11 is 1.55. The summed E-state index contributed by atoms with van der Waals surface area (Å²) in [7, 11) is 1.88. The highest BCUT2D eigenvalue weighted by atomic mass is 32.1. The first-order chi connectivity index (χ1) is 6.75. The van der Waals surface area contributed by atoms with E-state index >= 15 is 0 Å². The lowest BCUT2D eigenvalue weighted by atomic mass is 10.2. The average molecular weight is 209 g/mol. The number of rotatable bonds is 3. The van der Waals surface area contributed by atoms with E-state index in [9.17, 15) is 5.11 Å². The lowest BCUT2D eigenvalue weighted by molar-refractivity contribution is 0.174. The fourth-order valence-corrected chi connectivity index (χ4v) is 1.88. The fraction of sp³-hybridized carbons (Fsp3) is 0.333. The van der Waals surface area contributed by atoms with Gasteiger partial charge in [-0.3, -0.25) is 0 Å². The normalized spacial score (nSPS) is 13.0. The number of hydrogen-bond donors (Lipinski definition) is 1. The van der Waals surface area contributed by atoms with Crippen LogP contribution in [-0.4, -0.2) is 19.6 Å². The van der Waals surface area contributed by atoms with Crippen molar-refractivity contribution in [3.05, 3.63) is 34.8 Å². The van der Waals surface area contributed by atoms with Crippen LogP contribution in [0.15, 0.2) is 24.1 Å². The van der Waals surface area contributed by atoms with Crippen molar-refractivity contribution in [1.82, 2.24) is 14.5 Å². The van der Waals surface area contributed by atoms with Gasteiger partial charge in [0.15, 0.2) is 0 Å². The summed E-state index contributed by atoms with van der Waals surface area (Å²) in [5.74, 6) is 0. The minimum atomic E-state index is -0.553. The van der Waals surface area contributed by atoms with Crippen molar-refractivity contribution in [2.24, 2.45) is 7.05 Å². The smallest absolute Gasteiger partial charge is 0.104 e. The van der Waals surface area contributed by atoms with E-state index in [1.54, 1.807) is 23.9 Å². The van der Waals surface area contributed by atoms with Crippen LogP contribution in [0.4, 0.5) is 0 Å². The molecule has 0 spiro atoms. The van der Waals surface area contributed by atoms with Gasteiger partial charge in [-0.15, -0.1) is 11.3 Å². The molecule has 14 heavy (non-hydrogen) atoms. The van der Waals surface area contributed by atoms with Gasteiger partial charge in [0.05, 0.1) is 17.0 Å². The van der Waals surface area contributed by atoms with E-state index in [1.807, 2.05) is 23.2 Å². The molecule has 74 valence electrons. The van der Waals surface area contributed by atoms with Gasteiger partial charge in [-0.05, 0) is 0 Å². The van der Waals surface area contributed by atoms with Crippen LogP contribution in [0.3, 0.4) is 0 Å². The molecule has 5 heteroatoms. The lowest BCUT2D eigenvalue weighted by Crippen LogP contribution is -2.01. The van der Waals surface area contributed by atoms with E-state index in [1.165, 1.54) is 0 Å². The highest BCUT2D eigenvalue weighted by Gasteiger charge is 2.12. The van der Waals surface area contributed by atoms with E-state index < -0.39 is 6.10 Å². The number of aromatic nitrogens is 3. The quantitative estimate of drug-likeness (QED) is 0.825. The van der Waals surface area contributed by atoms with Crippen LogP contribution in [-0.2, 0) is 13.5 Å². The molecule has 0 saturated heterocycles. The van der Waals surface area contributed by atoms with Gasteiger partial charge in [-0.1, -0.05) is 0 Å². The number of thiazole rings is 1. The molecule has 0 amide bonds.